The lowest BCUT2D eigenvalue weighted by Crippen LogP contribution is -2.60. The van der Waals surface area contributed by atoms with Crippen molar-refractivity contribution in [3.63, 3.8) is 0 Å². The molecule has 0 aliphatic carbocycles. The van der Waals surface area contributed by atoms with Crippen LogP contribution in [0, 0.1) is 0 Å². The third kappa shape index (κ3) is 16.6. The Labute approximate surface area is 381 Å². The number of nitrogens with two attached hydrogens (primary N) is 2. The molecule has 0 spiro atoms. The Morgan fingerprint density at radius 1 is 0.537 bits per heavy atom. The fourth-order valence-corrected chi connectivity index (χ4v) is 6.75. The molecule has 1 aromatic heterocycles. The minimum Gasteiger partial charge on any atom is -0.508 e. The Bertz CT molecular complexity index is 2440. The Kier molecular flexibility index (Phi) is 18.9. The molecule has 0 bridgehead atoms. The molecule has 6 atom stereocenters. The van der Waals surface area contributed by atoms with Gasteiger partial charge in [-0.05, 0) is 47.7 Å². The van der Waals surface area contributed by atoms with Crippen LogP contribution in [-0.4, -0.2) is 127 Å². The van der Waals surface area contributed by atoms with Crippen molar-refractivity contribution in [1.29, 1.82) is 0 Å². The van der Waals surface area contributed by atoms with Gasteiger partial charge in [-0.1, -0.05) is 60.7 Å². The molecule has 0 aliphatic rings. The molecule has 23 nitrogen and oxygen atoms in total. The average molecular weight is 930 g/mol. The first-order valence-electron chi connectivity index (χ1n) is 20.6. The largest absolute Gasteiger partial charge is 0.508 e. The van der Waals surface area contributed by atoms with Crippen LogP contribution in [0.4, 0.5) is 0 Å². The number of primary amides is 1. The molecule has 356 valence electrons. The van der Waals surface area contributed by atoms with Gasteiger partial charge in [-0.2, -0.15) is 0 Å². The zero-order chi connectivity index (χ0) is 49.2. The summed E-state index contributed by atoms with van der Waals surface area (Å²) < 4.78 is 0. The predicted octanol–water partition coefficient (Wildman–Crippen LogP) is -1.93. The number of H-pyrrole nitrogens is 1. The molecule has 0 saturated carbocycles. The maximum atomic E-state index is 13.9. The quantitative estimate of drug-likeness (QED) is 0.0326. The zero-order valence-electron chi connectivity index (χ0n) is 35.7. The fraction of sp³-hybridized carbons (Fsp3) is 0.318. The van der Waals surface area contributed by atoms with E-state index in [1.54, 1.807) is 42.6 Å². The van der Waals surface area contributed by atoms with Gasteiger partial charge in [0.05, 0.1) is 18.9 Å². The minimum absolute atomic E-state index is 0.0337. The Balaban J connectivity index is 1.54. The lowest BCUT2D eigenvalue weighted by Gasteiger charge is -2.27. The lowest BCUT2D eigenvalue weighted by atomic mass is 10.0. The normalized spacial score (nSPS) is 13.6. The molecule has 1 heterocycles. The third-order valence-electron chi connectivity index (χ3n) is 10.1. The molecule has 0 fully saturated rings. The van der Waals surface area contributed by atoms with E-state index >= 15 is 0 Å². The van der Waals surface area contributed by atoms with E-state index in [1.807, 2.05) is 18.2 Å². The Morgan fingerprint density at radius 3 is 1.64 bits per heavy atom. The average Bonchev–Trinajstić information content (AvgIpc) is 3.68. The van der Waals surface area contributed by atoms with E-state index in [1.165, 1.54) is 24.3 Å². The number of fused-ring (bicyclic) bond motifs is 1. The minimum atomic E-state index is -1.98. The van der Waals surface area contributed by atoms with Gasteiger partial charge in [-0.25, -0.2) is 0 Å². The van der Waals surface area contributed by atoms with E-state index in [4.69, 9.17) is 16.6 Å². The second kappa shape index (κ2) is 24.6. The lowest BCUT2D eigenvalue weighted by molar-refractivity contribution is -0.142. The van der Waals surface area contributed by atoms with Crippen molar-refractivity contribution in [2.45, 2.75) is 81.2 Å². The predicted molar refractivity (Wildman–Crippen MR) is 235 cm³/mol. The highest BCUT2D eigenvalue weighted by Gasteiger charge is 2.35. The highest BCUT2D eigenvalue weighted by molar-refractivity contribution is 5.99. The van der Waals surface area contributed by atoms with Crippen LogP contribution in [0.1, 0.15) is 42.4 Å². The van der Waals surface area contributed by atoms with Crippen molar-refractivity contribution < 1.29 is 68.4 Å². The number of amides is 7. The molecule has 23 heteroatoms. The maximum Gasteiger partial charge on any atom is 0.322 e. The van der Waals surface area contributed by atoms with Gasteiger partial charge in [0.1, 0.15) is 42.5 Å². The SMILES string of the molecule is NC(=O)C[C@H](NC(=O)[C@H](CC(=O)O)NC(=O)[C@H](Cc1ccc(O)cc1)NC(=O)[C@@H](N)Cc1c[nH]c2ccccc12)C(=O)N[C@@H](CCC(=O)O)C(=O)N[C@@H](Cc1ccccc1)C(=O)NCC(=O)O. The molecular formula is C44H51N9O14. The number of rotatable bonds is 26. The number of nitrogens with one attached hydrogen (secondary N) is 7. The first-order valence-corrected chi connectivity index (χ1v) is 20.6. The number of hydrogen-bond acceptors (Lipinski definition) is 12. The monoisotopic (exact) mass is 929 g/mol. The van der Waals surface area contributed by atoms with Gasteiger partial charge in [0, 0.05) is 36.4 Å². The number of carboxylic acid groups (broad SMARTS) is 3. The number of carbonyl (C=O) groups is 10. The van der Waals surface area contributed by atoms with Crippen LogP contribution in [0.25, 0.3) is 10.9 Å². The molecule has 0 saturated heterocycles. The van der Waals surface area contributed by atoms with Gasteiger partial charge < -0.3 is 68.8 Å². The number of aromatic nitrogens is 1. The van der Waals surface area contributed by atoms with Crippen molar-refractivity contribution in [2.24, 2.45) is 11.5 Å². The van der Waals surface area contributed by atoms with Crippen molar-refractivity contribution in [3.05, 3.63) is 102 Å². The summed E-state index contributed by atoms with van der Waals surface area (Å²) >= 11 is 0. The highest BCUT2D eigenvalue weighted by atomic mass is 16.4. The topological polar surface area (TPSA) is 392 Å². The van der Waals surface area contributed by atoms with E-state index in [0.29, 0.717) is 16.7 Å². The second-order valence-electron chi connectivity index (χ2n) is 15.3. The number of aliphatic carboxylic acids is 3. The molecule has 3 aromatic carbocycles. The smallest absolute Gasteiger partial charge is 0.322 e. The molecule has 0 radical (unpaired) electrons. The van der Waals surface area contributed by atoms with Gasteiger partial charge in [0.25, 0.3) is 0 Å². The van der Waals surface area contributed by atoms with Gasteiger partial charge in [0.2, 0.25) is 41.4 Å². The summed E-state index contributed by atoms with van der Waals surface area (Å²) in [5.41, 5.74) is 14.1. The number of phenolic OH excluding ortho intramolecular Hbond substituents is 1. The van der Waals surface area contributed by atoms with Crippen LogP contribution in [0.3, 0.4) is 0 Å². The Hall–Kier alpha value is -8.34. The molecule has 4 aromatic rings. The standard InChI is InChI=1S/C44H51N9O14/c45-28(18-25-21-47-29-9-5-4-8-27(25)29)39(62)50-32(17-24-10-12-26(54)13-11-24)42(65)53-34(20-37(58)59)44(67)52-33(19-35(46)55)43(66)49-30(14-15-36(56)57)41(64)51-31(40(63)48-22-38(60)61)16-23-6-2-1-3-7-23/h1-13,21,28,30-34,47,54H,14-20,22,45H2,(H2,46,55)(H,48,63)(H,49,66)(H,50,62)(H,51,64)(H,52,67)(H,53,65)(H,56,57)(H,58,59)(H,60,61)/t28-,30-,31-,32-,33-,34-/m0/s1. The highest BCUT2D eigenvalue weighted by Crippen LogP contribution is 2.19. The summed E-state index contributed by atoms with van der Waals surface area (Å²) in [6.07, 6.45) is -2.09. The molecule has 4 rings (SSSR count). The van der Waals surface area contributed by atoms with Crippen LogP contribution in [0.5, 0.6) is 5.75 Å². The molecule has 7 amide bonds. The number of para-hydroxylation sites is 1. The van der Waals surface area contributed by atoms with Gasteiger partial charge in [-0.15, -0.1) is 0 Å². The van der Waals surface area contributed by atoms with E-state index in [-0.39, 0.29) is 25.0 Å². The third-order valence-corrected chi connectivity index (χ3v) is 10.1. The van der Waals surface area contributed by atoms with Gasteiger partial charge in [-0.3, -0.25) is 47.9 Å². The summed E-state index contributed by atoms with van der Waals surface area (Å²) in [5, 5.41) is 52.5. The first kappa shape index (κ1) is 51.3. The zero-order valence-corrected chi connectivity index (χ0v) is 35.7. The molecule has 15 N–H and O–H groups in total. The first-order chi connectivity index (χ1) is 31.8. The van der Waals surface area contributed by atoms with E-state index in [0.717, 1.165) is 10.9 Å². The van der Waals surface area contributed by atoms with Crippen molar-refractivity contribution in [2.75, 3.05) is 6.54 Å². The number of phenols is 1. The number of aromatic amines is 1. The van der Waals surface area contributed by atoms with Gasteiger partial charge in [0.15, 0.2) is 0 Å². The summed E-state index contributed by atoms with van der Waals surface area (Å²) in [4.78, 5) is 132. The van der Waals surface area contributed by atoms with E-state index in [9.17, 15) is 63.3 Å². The molecule has 0 aliphatic heterocycles. The van der Waals surface area contributed by atoms with Crippen molar-refractivity contribution in [3.8, 4) is 5.75 Å². The van der Waals surface area contributed by atoms with Crippen molar-refractivity contribution in [1.82, 2.24) is 36.9 Å². The van der Waals surface area contributed by atoms with Crippen LogP contribution < -0.4 is 43.4 Å². The Morgan fingerprint density at radius 2 is 1.04 bits per heavy atom. The van der Waals surface area contributed by atoms with E-state index < -0.39 is 128 Å². The van der Waals surface area contributed by atoms with Gasteiger partial charge >= 0.3 is 17.9 Å². The van der Waals surface area contributed by atoms with Crippen molar-refractivity contribution >= 4 is 70.2 Å². The summed E-state index contributed by atoms with van der Waals surface area (Å²) in [5.74, 6) is -12.3. The molecular weight excluding hydrogens is 879 g/mol. The van der Waals surface area contributed by atoms with E-state index in [2.05, 4.69) is 36.9 Å². The number of benzene rings is 3. The fourth-order valence-electron chi connectivity index (χ4n) is 6.75. The van der Waals surface area contributed by atoms with Crippen LogP contribution in [0.2, 0.25) is 0 Å². The summed E-state index contributed by atoms with van der Waals surface area (Å²) in [6, 6.07) is 11.1. The van der Waals surface area contributed by atoms with Crippen LogP contribution in [0.15, 0.2) is 85.1 Å². The number of hydrogen-bond donors (Lipinski definition) is 13. The molecule has 0 unspecified atom stereocenters. The maximum absolute atomic E-state index is 13.9. The second-order valence-corrected chi connectivity index (χ2v) is 15.3. The number of carbonyl (C=O) groups excluding carboxylic acids is 7. The number of carboxylic acids is 3. The van der Waals surface area contributed by atoms with Crippen LogP contribution in [-0.2, 0) is 67.2 Å². The summed E-state index contributed by atoms with van der Waals surface area (Å²) in [6.45, 7) is -0.814. The van der Waals surface area contributed by atoms with Crippen LogP contribution >= 0.6 is 0 Å². The number of aromatic hydroxyl groups is 1. The summed E-state index contributed by atoms with van der Waals surface area (Å²) in [7, 11) is 0. The molecule has 67 heavy (non-hydrogen) atoms.